The van der Waals surface area contributed by atoms with E-state index in [4.69, 9.17) is 4.74 Å². The Morgan fingerprint density at radius 1 is 1.37 bits per heavy atom. The van der Waals surface area contributed by atoms with Gasteiger partial charge in [0.25, 0.3) is 0 Å². The fraction of sp³-hybridized carbons (Fsp3) is 0.556. The third-order valence-electron chi connectivity index (χ3n) is 5.97. The molecule has 0 amide bonds. The average molecular weight is 390 g/mol. The zero-order valence-electron chi connectivity index (χ0n) is 15.2. The third kappa shape index (κ3) is 3.02. The highest BCUT2D eigenvalue weighted by Gasteiger charge is 2.50. The van der Waals surface area contributed by atoms with Crippen LogP contribution in [0, 0.1) is 5.82 Å². The van der Waals surface area contributed by atoms with E-state index in [2.05, 4.69) is 42.8 Å². The summed E-state index contributed by atoms with van der Waals surface area (Å²) in [5.74, 6) is 1.70. The molecule has 1 saturated heterocycles. The second-order valence-electron chi connectivity index (χ2n) is 7.44. The zero-order valence-corrected chi connectivity index (χ0v) is 16.0. The maximum atomic E-state index is 13.0. The molecule has 1 unspecified atom stereocenters. The van der Waals surface area contributed by atoms with Crippen molar-refractivity contribution in [1.82, 2.24) is 25.3 Å². The van der Waals surface area contributed by atoms with Gasteiger partial charge in [-0.1, -0.05) is 6.08 Å². The van der Waals surface area contributed by atoms with Gasteiger partial charge in [0.1, 0.15) is 5.82 Å². The minimum Gasteiger partial charge on any atom is -0.381 e. The van der Waals surface area contributed by atoms with Gasteiger partial charge in [-0.25, -0.2) is 14.4 Å². The molecule has 1 atom stereocenters. The minimum atomic E-state index is -0.440. The third-order valence-corrected chi connectivity index (χ3v) is 7.19. The van der Waals surface area contributed by atoms with Crippen LogP contribution < -0.4 is 10.7 Å². The molecule has 0 radical (unpaired) electrons. The molecule has 0 bridgehead atoms. The second kappa shape index (κ2) is 6.73. The van der Waals surface area contributed by atoms with Crippen LogP contribution in [-0.4, -0.2) is 63.6 Å². The van der Waals surface area contributed by atoms with Gasteiger partial charge < -0.3 is 15.5 Å². The summed E-state index contributed by atoms with van der Waals surface area (Å²) in [4.78, 5) is 12.0. The molecule has 9 heteroatoms. The number of halogens is 1. The van der Waals surface area contributed by atoms with Crippen molar-refractivity contribution in [2.75, 3.05) is 31.4 Å². The second-order valence-corrected chi connectivity index (χ2v) is 8.43. The molecule has 4 heterocycles. The minimum absolute atomic E-state index is 0.119. The van der Waals surface area contributed by atoms with E-state index < -0.39 is 5.82 Å². The first-order valence-electron chi connectivity index (χ1n) is 9.28. The van der Waals surface area contributed by atoms with Crippen LogP contribution in [0.3, 0.4) is 0 Å². The molecule has 144 valence electrons. The molecule has 1 aromatic rings. The zero-order chi connectivity index (χ0) is 18.4. The molecule has 5 rings (SSSR count). The summed E-state index contributed by atoms with van der Waals surface area (Å²) in [6, 6.07) is 0.629. The Balaban J connectivity index is 1.32. The number of nitrogens with zero attached hydrogens (tertiary/aromatic N) is 4. The number of methoxy groups -OCH3 is 1. The summed E-state index contributed by atoms with van der Waals surface area (Å²) < 4.78 is 18.5. The summed E-state index contributed by atoms with van der Waals surface area (Å²) >= 11 is 1.90. The Morgan fingerprint density at radius 2 is 2.19 bits per heavy atom. The Morgan fingerprint density at radius 3 is 2.96 bits per heavy atom. The average Bonchev–Trinajstić information content (AvgIpc) is 3.07. The van der Waals surface area contributed by atoms with Crippen LogP contribution in [0.25, 0.3) is 0 Å². The molecular weight excluding hydrogens is 367 g/mol. The van der Waals surface area contributed by atoms with Gasteiger partial charge in [-0.05, 0) is 25.3 Å². The molecule has 2 fully saturated rings. The number of hydrogen-bond donors (Lipinski definition) is 2. The SMILES string of the molecule is COC1CC(N2CC=C3SCN4NC(Nc5ncc(F)cn5)=CC34CC2)C1. The summed E-state index contributed by atoms with van der Waals surface area (Å²) in [6.45, 7) is 2.05. The van der Waals surface area contributed by atoms with E-state index in [9.17, 15) is 4.39 Å². The Hall–Kier alpha value is -1.68. The van der Waals surface area contributed by atoms with Crippen molar-refractivity contribution in [1.29, 1.82) is 0 Å². The van der Waals surface area contributed by atoms with Crippen molar-refractivity contribution in [2.45, 2.75) is 36.9 Å². The topological polar surface area (TPSA) is 65.6 Å². The maximum Gasteiger partial charge on any atom is 0.228 e. The van der Waals surface area contributed by atoms with E-state index in [1.54, 1.807) is 7.11 Å². The summed E-state index contributed by atoms with van der Waals surface area (Å²) in [6.07, 6.45) is 10.7. The molecule has 1 aromatic heterocycles. The molecule has 3 aliphatic heterocycles. The largest absolute Gasteiger partial charge is 0.381 e. The number of hydrazine groups is 1. The van der Waals surface area contributed by atoms with E-state index >= 15 is 0 Å². The van der Waals surface area contributed by atoms with Crippen molar-refractivity contribution in [2.24, 2.45) is 0 Å². The van der Waals surface area contributed by atoms with Gasteiger partial charge in [-0.15, -0.1) is 11.8 Å². The number of hydrogen-bond acceptors (Lipinski definition) is 8. The van der Waals surface area contributed by atoms with Crippen LogP contribution in [0.4, 0.5) is 10.3 Å². The Bertz CT molecular complexity index is 781. The van der Waals surface area contributed by atoms with E-state index in [1.165, 1.54) is 17.3 Å². The first-order valence-corrected chi connectivity index (χ1v) is 10.3. The summed E-state index contributed by atoms with van der Waals surface area (Å²) in [7, 11) is 1.80. The molecule has 1 aliphatic carbocycles. The number of ether oxygens (including phenoxy) is 1. The highest BCUT2D eigenvalue weighted by Crippen LogP contribution is 2.48. The van der Waals surface area contributed by atoms with Crippen LogP contribution in [-0.2, 0) is 4.74 Å². The van der Waals surface area contributed by atoms with Gasteiger partial charge in [0.05, 0.1) is 29.9 Å². The summed E-state index contributed by atoms with van der Waals surface area (Å²) in [5, 5.41) is 5.44. The fourth-order valence-corrected chi connectivity index (χ4v) is 5.57. The van der Waals surface area contributed by atoms with Crippen molar-refractivity contribution in [3.05, 3.63) is 41.1 Å². The van der Waals surface area contributed by atoms with Gasteiger partial charge in [0.2, 0.25) is 5.95 Å². The van der Waals surface area contributed by atoms with Crippen LogP contribution in [0.5, 0.6) is 0 Å². The summed E-state index contributed by atoms with van der Waals surface area (Å²) in [5.41, 5.74) is 3.31. The lowest BCUT2D eigenvalue weighted by molar-refractivity contribution is -0.0252. The lowest BCUT2D eigenvalue weighted by atomic mass is 9.87. The quantitative estimate of drug-likeness (QED) is 0.808. The monoisotopic (exact) mass is 390 g/mol. The van der Waals surface area contributed by atoms with Gasteiger partial charge in [0, 0.05) is 31.1 Å². The van der Waals surface area contributed by atoms with Gasteiger partial charge in [0.15, 0.2) is 5.82 Å². The van der Waals surface area contributed by atoms with Crippen LogP contribution in [0.1, 0.15) is 19.3 Å². The Labute approximate surface area is 162 Å². The number of rotatable bonds is 4. The fourth-order valence-electron chi connectivity index (χ4n) is 4.30. The molecule has 0 aromatic carbocycles. The lowest BCUT2D eigenvalue weighted by Crippen LogP contribution is -2.50. The normalized spacial score (nSPS) is 33.3. The number of anilines is 1. The molecule has 1 saturated carbocycles. The van der Waals surface area contributed by atoms with E-state index in [1.807, 2.05) is 11.8 Å². The number of thioether (sulfide) groups is 1. The van der Waals surface area contributed by atoms with E-state index in [0.717, 1.165) is 44.0 Å². The highest BCUT2D eigenvalue weighted by molar-refractivity contribution is 8.03. The van der Waals surface area contributed by atoms with Crippen LogP contribution >= 0.6 is 11.8 Å². The number of nitrogens with one attached hydrogen (secondary N) is 2. The first-order chi connectivity index (χ1) is 13.2. The molecular formula is C18H23FN6OS. The molecule has 7 nitrogen and oxygen atoms in total. The maximum absolute atomic E-state index is 13.0. The van der Waals surface area contributed by atoms with Crippen molar-refractivity contribution in [3.63, 3.8) is 0 Å². The van der Waals surface area contributed by atoms with Gasteiger partial charge in [-0.3, -0.25) is 4.90 Å². The smallest absolute Gasteiger partial charge is 0.228 e. The van der Waals surface area contributed by atoms with Crippen molar-refractivity contribution >= 4 is 17.7 Å². The Kier molecular flexibility index (Phi) is 4.34. The van der Waals surface area contributed by atoms with E-state index in [-0.39, 0.29) is 5.54 Å². The van der Waals surface area contributed by atoms with E-state index in [0.29, 0.717) is 18.1 Å². The van der Waals surface area contributed by atoms with Gasteiger partial charge in [-0.2, -0.15) is 5.01 Å². The number of aromatic nitrogens is 2. The van der Waals surface area contributed by atoms with Crippen LogP contribution in [0.2, 0.25) is 0 Å². The van der Waals surface area contributed by atoms with Crippen molar-refractivity contribution < 1.29 is 9.13 Å². The standard InChI is InChI=1S/C18H23FN6OS/c1-26-14-6-13(7-14)24-4-2-15-18(3-5-24)8-16(23-25(18)11-27-15)22-17-20-9-12(19)10-21-17/h2,8-10,13-14,23H,3-7,11H2,1H3,(H,20,21,22). The highest BCUT2D eigenvalue weighted by atomic mass is 32.2. The van der Waals surface area contributed by atoms with Gasteiger partial charge >= 0.3 is 0 Å². The predicted octanol–water partition coefficient (Wildman–Crippen LogP) is 1.90. The first kappa shape index (κ1) is 17.4. The predicted molar refractivity (Wildman–Crippen MR) is 102 cm³/mol. The molecule has 27 heavy (non-hydrogen) atoms. The molecule has 1 spiro atoms. The molecule has 2 N–H and O–H groups in total. The van der Waals surface area contributed by atoms with Crippen LogP contribution in [0.15, 0.2) is 35.3 Å². The lowest BCUT2D eigenvalue weighted by Gasteiger charge is -2.42. The van der Waals surface area contributed by atoms with Crippen molar-refractivity contribution in [3.8, 4) is 0 Å². The molecule has 4 aliphatic rings.